The number of para-hydroxylation sites is 2. The Morgan fingerprint density at radius 1 is 0.886 bits per heavy atom. The van der Waals surface area contributed by atoms with Gasteiger partial charge in [0.05, 0.1) is 13.8 Å². The first-order chi connectivity index (χ1) is 21.4. The largest absolute Gasteiger partial charge is 0.496 e. The Labute approximate surface area is 261 Å². The van der Waals surface area contributed by atoms with Crippen LogP contribution in [0.15, 0.2) is 78.9 Å². The normalized spacial score (nSPS) is 16.0. The Bertz CT molecular complexity index is 1420. The fourth-order valence-corrected chi connectivity index (χ4v) is 6.45. The molecule has 2 fully saturated rings. The van der Waals surface area contributed by atoms with Gasteiger partial charge in [-0.05, 0) is 73.6 Å². The maximum Gasteiger partial charge on any atom is 0.253 e. The number of hydrogen-bond donors (Lipinski definition) is 1. The van der Waals surface area contributed by atoms with Crippen molar-refractivity contribution in [2.75, 3.05) is 44.9 Å². The highest BCUT2D eigenvalue weighted by molar-refractivity contribution is 5.97. The average molecular weight is 597 g/mol. The second-order valence-corrected chi connectivity index (χ2v) is 11.8. The monoisotopic (exact) mass is 596 g/mol. The van der Waals surface area contributed by atoms with Gasteiger partial charge in [-0.1, -0.05) is 68.3 Å². The average Bonchev–Trinajstić information content (AvgIpc) is 3.32. The minimum atomic E-state index is -0.793. The predicted octanol–water partition coefficient (Wildman–Crippen LogP) is 5.07. The molecule has 2 saturated heterocycles. The van der Waals surface area contributed by atoms with E-state index in [0.29, 0.717) is 51.1 Å². The number of methoxy groups -OCH3 is 1. The Morgan fingerprint density at radius 3 is 2.30 bits per heavy atom. The maximum atomic E-state index is 14.1. The number of piperidine rings is 1. The third-order valence-corrected chi connectivity index (χ3v) is 8.97. The summed E-state index contributed by atoms with van der Waals surface area (Å²) in [5.41, 5.74) is 3.11. The summed E-state index contributed by atoms with van der Waals surface area (Å²) in [5, 5.41) is 2.97. The number of rotatable bonds is 12. The predicted molar refractivity (Wildman–Crippen MR) is 173 cm³/mol. The second kappa shape index (κ2) is 14.4. The number of amides is 3. The van der Waals surface area contributed by atoms with Crippen LogP contribution in [-0.2, 0) is 22.4 Å². The number of nitrogens with zero attached hydrogens (tertiary/aromatic N) is 3. The van der Waals surface area contributed by atoms with Crippen LogP contribution in [0.25, 0.3) is 0 Å². The van der Waals surface area contributed by atoms with Gasteiger partial charge in [0.25, 0.3) is 11.8 Å². The van der Waals surface area contributed by atoms with Crippen LogP contribution in [-0.4, -0.2) is 73.0 Å². The van der Waals surface area contributed by atoms with E-state index in [9.17, 15) is 14.4 Å². The highest BCUT2D eigenvalue weighted by Gasteiger charge is 2.54. The van der Waals surface area contributed by atoms with Crippen molar-refractivity contribution in [2.45, 2.75) is 57.4 Å². The minimum absolute atomic E-state index is 0.00273. The van der Waals surface area contributed by atoms with Crippen molar-refractivity contribution in [1.82, 2.24) is 15.1 Å². The van der Waals surface area contributed by atoms with Crippen LogP contribution in [0.5, 0.6) is 5.75 Å². The number of ether oxygens (including phenoxy) is 1. The molecule has 3 amide bonds. The number of likely N-dealkylation sites (tertiary alicyclic amines) is 1. The van der Waals surface area contributed by atoms with E-state index >= 15 is 0 Å². The summed E-state index contributed by atoms with van der Waals surface area (Å²) in [6.07, 6.45) is 6.23. The molecule has 0 saturated carbocycles. The Balaban J connectivity index is 1.22. The Kier molecular flexibility index (Phi) is 10.2. The number of hydrogen-bond acceptors (Lipinski definition) is 5. The molecular formula is C36H44N4O4. The van der Waals surface area contributed by atoms with Crippen LogP contribution in [0.4, 0.5) is 5.69 Å². The van der Waals surface area contributed by atoms with E-state index < -0.39 is 5.54 Å². The van der Waals surface area contributed by atoms with Gasteiger partial charge in [0, 0.05) is 30.9 Å². The summed E-state index contributed by atoms with van der Waals surface area (Å²) in [4.78, 5) is 46.1. The third-order valence-electron chi connectivity index (χ3n) is 8.97. The van der Waals surface area contributed by atoms with Crippen molar-refractivity contribution >= 4 is 23.4 Å². The van der Waals surface area contributed by atoms with Crippen molar-refractivity contribution in [3.8, 4) is 5.75 Å². The zero-order chi connectivity index (χ0) is 30.9. The summed E-state index contributed by atoms with van der Waals surface area (Å²) >= 11 is 0. The molecule has 0 aromatic heterocycles. The number of carbonyl (C=O) groups is 3. The number of anilines is 1. The minimum Gasteiger partial charge on any atom is -0.496 e. The summed E-state index contributed by atoms with van der Waals surface area (Å²) in [5.74, 6) is 0.554. The van der Waals surface area contributed by atoms with Gasteiger partial charge in [-0.2, -0.15) is 0 Å². The molecule has 3 aromatic rings. The molecule has 5 rings (SSSR count). The van der Waals surface area contributed by atoms with Crippen molar-refractivity contribution in [3.05, 3.63) is 95.6 Å². The molecule has 0 radical (unpaired) electrons. The van der Waals surface area contributed by atoms with Crippen molar-refractivity contribution in [3.63, 3.8) is 0 Å². The van der Waals surface area contributed by atoms with Gasteiger partial charge in [0.2, 0.25) is 5.91 Å². The van der Waals surface area contributed by atoms with E-state index in [1.54, 1.807) is 12.0 Å². The summed E-state index contributed by atoms with van der Waals surface area (Å²) in [6, 6.07) is 25.6. The standard InChI is InChI=1S/C36H44N4O4/c1-3-4-6-11-28-16-18-30(19-17-28)34(42)38-24-21-36(22-25-38)35(43)39(27-40(36)31-13-7-5-8-14-31)26-33(41)37-23-20-29-12-9-10-15-32(29)44-2/h5,7-10,12-19H,3-4,6,11,20-27H2,1-2H3,(H,37,41). The zero-order valence-electron chi connectivity index (χ0n) is 26.0. The number of aryl methyl sites for hydroxylation is 1. The summed E-state index contributed by atoms with van der Waals surface area (Å²) in [6.45, 7) is 3.92. The van der Waals surface area contributed by atoms with Crippen LogP contribution in [0, 0.1) is 0 Å². The molecule has 0 aliphatic carbocycles. The molecule has 8 heteroatoms. The van der Waals surface area contributed by atoms with Gasteiger partial charge < -0.3 is 24.8 Å². The summed E-state index contributed by atoms with van der Waals surface area (Å²) in [7, 11) is 1.64. The Hall–Kier alpha value is -4.33. The van der Waals surface area contributed by atoms with E-state index in [0.717, 1.165) is 29.8 Å². The molecule has 2 aliphatic rings. The van der Waals surface area contributed by atoms with Crippen LogP contribution in [0.1, 0.15) is 60.5 Å². The van der Waals surface area contributed by atoms with Gasteiger partial charge in [-0.15, -0.1) is 0 Å². The third kappa shape index (κ3) is 6.90. The molecule has 0 bridgehead atoms. The number of unbranched alkanes of at least 4 members (excludes halogenated alkanes) is 2. The van der Waals surface area contributed by atoms with E-state index in [1.807, 2.05) is 71.6 Å². The van der Waals surface area contributed by atoms with Crippen LogP contribution < -0.4 is 15.0 Å². The van der Waals surface area contributed by atoms with Gasteiger partial charge in [0.1, 0.15) is 17.8 Å². The van der Waals surface area contributed by atoms with Gasteiger partial charge >= 0.3 is 0 Å². The molecule has 1 spiro atoms. The number of benzene rings is 3. The molecule has 1 N–H and O–H groups in total. The first-order valence-corrected chi connectivity index (χ1v) is 15.8. The van der Waals surface area contributed by atoms with Crippen LogP contribution in [0.2, 0.25) is 0 Å². The zero-order valence-corrected chi connectivity index (χ0v) is 26.0. The van der Waals surface area contributed by atoms with E-state index in [2.05, 4.69) is 29.3 Å². The topological polar surface area (TPSA) is 82.2 Å². The molecule has 2 heterocycles. The fraction of sp³-hybridized carbons (Fsp3) is 0.417. The molecule has 0 atom stereocenters. The highest BCUT2D eigenvalue weighted by atomic mass is 16.5. The van der Waals surface area contributed by atoms with E-state index in [4.69, 9.17) is 4.74 Å². The lowest BCUT2D eigenvalue weighted by Gasteiger charge is -2.43. The van der Waals surface area contributed by atoms with Gasteiger partial charge in [0.15, 0.2) is 0 Å². The molecule has 3 aromatic carbocycles. The van der Waals surface area contributed by atoms with Crippen LogP contribution >= 0.6 is 0 Å². The quantitative estimate of drug-likeness (QED) is 0.296. The lowest BCUT2D eigenvalue weighted by molar-refractivity contribution is -0.137. The maximum absolute atomic E-state index is 14.1. The first kappa shape index (κ1) is 31.1. The first-order valence-electron chi connectivity index (χ1n) is 15.8. The van der Waals surface area contributed by atoms with E-state index in [-0.39, 0.29) is 24.3 Å². The molecule has 2 aliphatic heterocycles. The van der Waals surface area contributed by atoms with Crippen molar-refractivity contribution in [1.29, 1.82) is 0 Å². The SMILES string of the molecule is CCCCCc1ccc(C(=O)N2CCC3(CC2)C(=O)N(CC(=O)NCCc2ccccc2OC)CN3c2ccccc2)cc1. The van der Waals surface area contributed by atoms with Gasteiger partial charge in [-0.3, -0.25) is 14.4 Å². The van der Waals surface area contributed by atoms with Crippen molar-refractivity contribution in [2.24, 2.45) is 0 Å². The van der Waals surface area contributed by atoms with E-state index in [1.165, 1.54) is 18.4 Å². The molecule has 0 unspecified atom stereocenters. The second-order valence-electron chi connectivity index (χ2n) is 11.8. The van der Waals surface area contributed by atoms with Crippen molar-refractivity contribution < 1.29 is 19.1 Å². The highest BCUT2D eigenvalue weighted by Crippen LogP contribution is 2.39. The molecule has 232 valence electrons. The lowest BCUT2D eigenvalue weighted by atomic mass is 9.85. The fourth-order valence-electron chi connectivity index (χ4n) is 6.45. The lowest BCUT2D eigenvalue weighted by Crippen LogP contribution is -2.57. The molecule has 8 nitrogen and oxygen atoms in total. The molecule has 44 heavy (non-hydrogen) atoms. The summed E-state index contributed by atoms with van der Waals surface area (Å²) < 4.78 is 5.41. The van der Waals surface area contributed by atoms with Gasteiger partial charge in [-0.25, -0.2) is 0 Å². The van der Waals surface area contributed by atoms with Crippen LogP contribution in [0.3, 0.4) is 0 Å². The number of carbonyl (C=O) groups excluding carboxylic acids is 3. The number of nitrogens with one attached hydrogen (secondary N) is 1. The Morgan fingerprint density at radius 2 is 1.59 bits per heavy atom. The smallest absolute Gasteiger partial charge is 0.253 e. The molecular weight excluding hydrogens is 552 g/mol.